The molecule has 8 heteroatoms. The fraction of sp³-hybridized carbons (Fsp3) is 0.235. The minimum Gasteiger partial charge on any atom is -0.467 e. The summed E-state index contributed by atoms with van der Waals surface area (Å²) in [5.74, 6) is 0.505. The van der Waals surface area contributed by atoms with E-state index in [1.54, 1.807) is 30.3 Å². The average Bonchev–Trinajstić information content (AvgIpc) is 3.10. The van der Waals surface area contributed by atoms with E-state index in [2.05, 4.69) is 26.2 Å². The Labute approximate surface area is 150 Å². The molecule has 7 nitrogen and oxygen atoms in total. The monoisotopic (exact) mass is 405 g/mol. The smallest absolute Gasteiger partial charge is 0.328 e. The van der Waals surface area contributed by atoms with Gasteiger partial charge in [-0.1, -0.05) is 15.9 Å². The van der Waals surface area contributed by atoms with Crippen LogP contribution in [-0.4, -0.2) is 15.5 Å². The van der Waals surface area contributed by atoms with E-state index >= 15 is 0 Å². The van der Waals surface area contributed by atoms with E-state index in [4.69, 9.17) is 4.42 Å². The highest BCUT2D eigenvalue weighted by atomic mass is 79.9. The molecule has 2 heterocycles. The topological polar surface area (TPSA) is 97.1 Å². The lowest BCUT2D eigenvalue weighted by Crippen LogP contribution is -2.35. The Kier molecular flexibility index (Phi) is 5.18. The Hall–Kier alpha value is -2.61. The number of aromatic amines is 1. The first-order valence-corrected chi connectivity index (χ1v) is 8.55. The summed E-state index contributed by atoms with van der Waals surface area (Å²) < 4.78 is 7.01. The van der Waals surface area contributed by atoms with Crippen LogP contribution in [0.4, 0.5) is 0 Å². The number of halogens is 1. The van der Waals surface area contributed by atoms with E-state index in [-0.39, 0.29) is 24.4 Å². The number of nitrogens with one attached hydrogen (secondary N) is 2. The van der Waals surface area contributed by atoms with E-state index in [0.717, 1.165) is 9.04 Å². The lowest BCUT2D eigenvalue weighted by molar-refractivity contribution is -0.121. The predicted molar refractivity (Wildman–Crippen MR) is 96.3 cm³/mol. The third kappa shape index (κ3) is 4.08. The van der Waals surface area contributed by atoms with Gasteiger partial charge in [0.15, 0.2) is 0 Å². The molecular weight excluding hydrogens is 390 g/mol. The number of hydrogen-bond acceptors (Lipinski definition) is 4. The van der Waals surface area contributed by atoms with Crippen LogP contribution in [0.15, 0.2) is 55.1 Å². The third-order valence-corrected chi connectivity index (χ3v) is 4.26. The molecule has 0 radical (unpaired) electrons. The number of furan rings is 1. The van der Waals surface area contributed by atoms with Crippen molar-refractivity contribution >= 4 is 32.7 Å². The van der Waals surface area contributed by atoms with Crippen LogP contribution in [0.1, 0.15) is 18.6 Å². The molecule has 0 saturated carbocycles. The number of rotatable bonds is 6. The lowest BCUT2D eigenvalue weighted by atomic mass is 10.2. The standard InChI is InChI=1S/C17H16BrN3O4/c18-11-5-6-14-13(9-11)16(23)21(17(24)20-14)7-1-4-15(22)19-10-12-3-2-8-25-12/h2-3,5-6,8-9H,1,4,7,10H2,(H,19,22)(H,20,24). The van der Waals surface area contributed by atoms with Gasteiger partial charge in [0, 0.05) is 17.4 Å². The van der Waals surface area contributed by atoms with Crippen molar-refractivity contribution < 1.29 is 9.21 Å². The molecule has 0 saturated heterocycles. The van der Waals surface area contributed by atoms with Crippen LogP contribution in [0.5, 0.6) is 0 Å². The van der Waals surface area contributed by atoms with Gasteiger partial charge in [0.2, 0.25) is 5.91 Å². The summed E-state index contributed by atoms with van der Waals surface area (Å²) in [6, 6.07) is 8.62. The Morgan fingerprint density at radius 3 is 2.88 bits per heavy atom. The molecule has 1 aromatic carbocycles. The Morgan fingerprint density at radius 1 is 1.28 bits per heavy atom. The summed E-state index contributed by atoms with van der Waals surface area (Å²) >= 11 is 3.31. The molecule has 2 N–H and O–H groups in total. The largest absolute Gasteiger partial charge is 0.467 e. The van der Waals surface area contributed by atoms with Crippen molar-refractivity contribution in [3.05, 3.63) is 67.7 Å². The van der Waals surface area contributed by atoms with Crippen molar-refractivity contribution in [3.8, 4) is 0 Å². The number of carbonyl (C=O) groups is 1. The first-order chi connectivity index (χ1) is 12.0. The highest BCUT2D eigenvalue weighted by molar-refractivity contribution is 9.10. The van der Waals surface area contributed by atoms with E-state index in [9.17, 15) is 14.4 Å². The van der Waals surface area contributed by atoms with Crippen LogP contribution in [0.3, 0.4) is 0 Å². The quantitative estimate of drug-likeness (QED) is 0.656. The maximum atomic E-state index is 12.5. The molecule has 0 aliphatic heterocycles. The number of nitrogens with zero attached hydrogens (tertiary/aromatic N) is 1. The molecule has 0 spiro atoms. The van der Waals surface area contributed by atoms with Crippen molar-refractivity contribution in [1.82, 2.24) is 14.9 Å². The van der Waals surface area contributed by atoms with Crippen molar-refractivity contribution in [2.75, 3.05) is 0 Å². The maximum absolute atomic E-state index is 12.5. The molecule has 2 aromatic heterocycles. The van der Waals surface area contributed by atoms with Gasteiger partial charge < -0.3 is 14.7 Å². The molecule has 0 aliphatic carbocycles. The van der Waals surface area contributed by atoms with Gasteiger partial charge in [0.25, 0.3) is 5.56 Å². The van der Waals surface area contributed by atoms with Gasteiger partial charge in [-0.15, -0.1) is 0 Å². The van der Waals surface area contributed by atoms with Crippen molar-refractivity contribution in [3.63, 3.8) is 0 Å². The van der Waals surface area contributed by atoms with Crippen LogP contribution in [0.25, 0.3) is 10.9 Å². The fourth-order valence-electron chi connectivity index (χ4n) is 2.51. The average molecular weight is 406 g/mol. The normalized spacial score (nSPS) is 10.9. The molecule has 3 aromatic rings. The minimum atomic E-state index is -0.476. The zero-order valence-corrected chi connectivity index (χ0v) is 14.8. The predicted octanol–water partition coefficient (Wildman–Crippen LogP) is 2.14. The van der Waals surface area contributed by atoms with E-state index in [0.29, 0.717) is 29.6 Å². The van der Waals surface area contributed by atoms with Crippen molar-refractivity contribution in [2.45, 2.75) is 25.9 Å². The molecule has 0 aliphatic rings. The molecule has 25 heavy (non-hydrogen) atoms. The second-order valence-corrected chi connectivity index (χ2v) is 6.45. The van der Waals surface area contributed by atoms with Crippen LogP contribution >= 0.6 is 15.9 Å². The molecule has 0 fully saturated rings. The zero-order chi connectivity index (χ0) is 17.8. The number of aromatic nitrogens is 2. The number of fused-ring (bicyclic) bond motifs is 1. The second-order valence-electron chi connectivity index (χ2n) is 5.54. The molecule has 130 valence electrons. The lowest BCUT2D eigenvalue weighted by Gasteiger charge is -2.07. The summed E-state index contributed by atoms with van der Waals surface area (Å²) in [6.07, 6.45) is 2.13. The maximum Gasteiger partial charge on any atom is 0.328 e. The van der Waals surface area contributed by atoms with Crippen LogP contribution in [0.2, 0.25) is 0 Å². The van der Waals surface area contributed by atoms with E-state index < -0.39 is 5.69 Å². The van der Waals surface area contributed by atoms with Crippen molar-refractivity contribution in [1.29, 1.82) is 0 Å². The summed E-state index contributed by atoms with van der Waals surface area (Å²) in [7, 11) is 0. The van der Waals surface area contributed by atoms with Crippen LogP contribution in [-0.2, 0) is 17.9 Å². The summed E-state index contributed by atoms with van der Waals surface area (Å²) in [5, 5.41) is 3.15. The highest BCUT2D eigenvalue weighted by Crippen LogP contribution is 2.14. The van der Waals surface area contributed by atoms with Gasteiger partial charge in [-0.25, -0.2) is 4.79 Å². The number of benzene rings is 1. The number of amides is 1. The molecule has 1 amide bonds. The molecule has 3 rings (SSSR count). The van der Waals surface area contributed by atoms with Gasteiger partial charge in [0.1, 0.15) is 5.76 Å². The van der Waals surface area contributed by atoms with Gasteiger partial charge in [0.05, 0.1) is 23.7 Å². The highest BCUT2D eigenvalue weighted by Gasteiger charge is 2.09. The number of H-pyrrole nitrogens is 1. The van der Waals surface area contributed by atoms with Gasteiger partial charge in [-0.2, -0.15) is 0 Å². The SMILES string of the molecule is O=C(CCCn1c(=O)[nH]c2ccc(Br)cc2c1=O)NCc1ccco1. The zero-order valence-electron chi connectivity index (χ0n) is 13.3. The first-order valence-electron chi connectivity index (χ1n) is 7.76. The van der Waals surface area contributed by atoms with Gasteiger partial charge in [-0.05, 0) is 36.8 Å². The summed E-state index contributed by atoms with van der Waals surface area (Å²) in [6.45, 7) is 0.487. The summed E-state index contributed by atoms with van der Waals surface area (Å²) in [5.41, 5.74) is -0.350. The Bertz CT molecular complexity index is 1000. The first kappa shape index (κ1) is 17.2. The number of carbonyl (C=O) groups excluding carboxylic acids is 1. The van der Waals surface area contributed by atoms with Gasteiger partial charge >= 0.3 is 5.69 Å². The molecular formula is C17H16BrN3O4. The minimum absolute atomic E-state index is 0.163. The molecule has 0 unspecified atom stereocenters. The second kappa shape index (κ2) is 7.52. The van der Waals surface area contributed by atoms with Crippen LogP contribution in [0, 0.1) is 0 Å². The van der Waals surface area contributed by atoms with E-state index in [1.165, 1.54) is 6.26 Å². The Balaban J connectivity index is 1.64. The number of hydrogen-bond donors (Lipinski definition) is 2. The molecule has 0 atom stereocenters. The van der Waals surface area contributed by atoms with E-state index in [1.807, 2.05) is 0 Å². The van der Waals surface area contributed by atoms with Crippen LogP contribution < -0.4 is 16.6 Å². The van der Waals surface area contributed by atoms with Gasteiger partial charge in [-0.3, -0.25) is 14.2 Å². The Morgan fingerprint density at radius 2 is 2.12 bits per heavy atom. The van der Waals surface area contributed by atoms with Crippen molar-refractivity contribution in [2.24, 2.45) is 0 Å². The third-order valence-electron chi connectivity index (χ3n) is 3.77. The molecule has 0 bridgehead atoms. The fourth-order valence-corrected chi connectivity index (χ4v) is 2.87. The summed E-state index contributed by atoms with van der Waals surface area (Å²) in [4.78, 5) is 39.1.